The Bertz CT molecular complexity index is 657. The van der Waals surface area contributed by atoms with Gasteiger partial charge in [0.25, 0.3) is 5.69 Å². The van der Waals surface area contributed by atoms with Gasteiger partial charge in [0.2, 0.25) is 5.91 Å². The van der Waals surface area contributed by atoms with Crippen LogP contribution in [0.2, 0.25) is 0 Å². The summed E-state index contributed by atoms with van der Waals surface area (Å²) in [6, 6.07) is 7.66. The molecule has 1 aromatic heterocycles. The number of nitro groups is 1. The molecule has 1 N–H and O–H groups in total. The Balaban J connectivity index is 1.91. The molecule has 1 amide bonds. The van der Waals surface area contributed by atoms with Crippen molar-refractivity contribution in [2.75, 3.05) is 18.2 Å². The highest BCUT2D eigenvalue weighted by molar-refractivity contribution is 7.99. The second-order valence-electron chi connectivity index (χ2n) is 4.26. The zero-order valence-electron chi connectivity index (χ0n) is 11.8. The third-order valence-corrected chi connectivity index (χ3v) is 3.68. The molecule has 8 heteroatoms. The van der Waals surface area contributed by atoms with Crippen LogP contribution in [0.1, 0.15) is 5.76 Å². The maximum absolute atomic E-state index is 11.9. The molecule has 0 radical (unpaired) electrons. The quantitative estimate of drug-likeness (QED) is 0.622. The molecule has 2 aromatic rings. The minimum Gasteiger partial charge on any atom is -0.494 e. The van der Waals surface area contributed by atoms with Crippen LogP contribution in [0.4, 0.5) is 11.4 Å². The van der Waals surface area contributed by atoms with E-state index < -0.39 is 4.92 Å². The van der Waals surface area contributed by atoms with Crippen molar-refractivity contribution in [1.29, 1.82) is 0 Å². The summed E-state index contributed by atoms with van der Waals surface area (Å²) < 4.78 is 10.2. The fourth-order valence-corrected chi connectivity index (χ4v) is 2.45. The number of carbonyl (C=O) groups is 1. The summed E-state index contributed by atoms with van der Waals surface area (Å²) in [6.07, 6.45) is 1.58. The highest BCUT2D eigenvalue weighted by atomic mass is 32.2. The van der Waals surface area contributed by atoms with Crippen LogP contribution in [0.5, 0.6) is 5.75 Å². The third kappa shape index (κ3) is 4.26. The highest BCUT2D eigenvalue weighted by Crippen LogP contribution is 2.29. The summed E-state index contributed by atoms with van der Waals surface area (Å²) in [4.78, 5) is 22.1. The molecule has 0 atom stereocenters. The molecule has 7 nitrogen and oxygen atoms in total. The van der Waals surface area contributed by atoms with E-state index >= 15 is 0 Å². The van der Waals surface area contributed by atoms with Crippen LogP contribution in [0.25, 0.3) is 0 Å². The molecule has 2 rings (SSSR count). The highest BCUT2D eigenvalue weighted by Gasteiger charge is 2.13. The van der Waals surface area contributed by atoms with E-state index in [0.717, 1.165) is 5.76 Å². The Hall–Kier alpha value is -2.48. The molecule has 1 heterocycles. The van der Waals surface area contributed by atoms with Crippen LogP contribution in [0.3, 0.4) is 0 Å². The predicted molar refractivity (Wildman–Crippen MR) is 83.1 cm³/mol. The molecule has 0 fully saturated rings. The van der Waals surface area contributed by atoms with Crippen molar-refractivity contribution >= 4 is 29.0 Å². The van der Waals surface area contributed by atoms with Crippen molar-refractivity contribution in [3.8, 4) is 5.75 Å². The van der Waals surface area contributed by atoms with Crippen LogP contribution in [-0.4, -0.2) is 23.7 Å². The van der Waals surface area contributed by atoms with Crippen LogP contribution < -0.4 is 10.1 Å². The Morgan fingerprint density at radius 2 is 2.27 bits per heavy atom. The molecule has 0 aliphatic carbocycles. The zero-order valence-corrected chi connectivity index (χ0v) is 12.6. The number of nitrogens with zero attached hydrogens (tertiary/aromatic N) is 1. The third-order valence-electron chi connectivity index (χ3n) is 2.73. The van der Waals surface area contributed by atoms with Gasteiger partial charge in [-0.15, -0.1) is 11.8 Å². The van der Waals surface area contributed by atoms with Crippen molar-refractivity contribution < 1.29 is 18.9 Å². The van der Waals surface area contributed by atoms with Crippen molar-refractivity contribution in [3.63, 3.8) is 0 Å². The number of hydrogen-bond acceptors (Lipinski definition) is 6. The first kappa shape index (κ1) is 15.9. The Morgan fingerprint density at radius 3 is 2.91 bits per heavy atom. The van der Waals surface area contributed by atoms with Crippen molar-refractivity contribution in [1.82, 2.24) is 0 Å². The second kappa shape index (κ2) is 7.51. The maximum Gasteiger partial charge on any atom is 0.273 e. The largest absolute Gasteiger partial charge is 0.494 e. The molecule has 22 heavy (non-hydrogen) atoms. The Labute approximate surface area is 130 Å². The molecule has 0 saturated carbocycles. The van der Waals surface area contributed by atoms with E-state index in [1.165, 1.54) is 37.1 Å². The van der Waals surface area contributed by atoms with Crippen LogP contribution >= 0.6 is 11.8 Å². The van der Waals surface area contributed by atoms with E-state index in [1.807, 2.05) is 6.07 Å². The summed E-state index contributed by atoms with van der Waals surface area (Å²) in [6.45, 7) is 0. The second-order valence-corrected chi connectivity index (χ2v) is 5.25. The smallest absolute Gasteiger partial charge is 0.273 e. The van der Waals surface area contributed by atoms with E-state index in [9.17, 15) is 14.9 Å². The number of thioether (sulfide) groups is 1. The number of rotatable bonds is 7. The SMILES string of the molecule is COc1cc([N+](=O)[O-])ccc1NC(=O)CSCc1ccco1. The Kier molecular flexibility index (Phi) is 5.42. The fourth-order valence-electron chi connectivity index (χ4n) is 1.72. The van der Waals surface area contributed by atoms with E-state index in [4.69, 9.17) is 9.15 Å². The number of non-ortho nitro benzene ring substituents is 1. The van der Waals surface area contributed by atoms with Gasteiger partial charge in [-0.05, 0) is 18.2 Å². The first-order valence-corrected chi connectivity index (χ1v) is 7.48. The van der Waals surface area contributed by atoms with Gasteiger partial charge in [-0.1, -0.05) is 0 Å². The topological polar surface area (TPSA) is 94.6 Å². The molecule has 0 spiro atoms. The Morgan fingerprint density at radius 1 is 1.45 bits per heavy atom. The number of benzene rings is 1. The van der Waals surface area contributed by atoms with Crippen molar-refractivity contribution in [2.24, 2.45) is 0 Å². The lowest BCUT2D eigenvalue weighted by atomic mass is 10.2. The molecular weight excluding hydrogens is 308 g/mol. The van der Waals surface area contributed by atoms with Gasteiger partial charge in [-0.25, -0.2) is 0 Å². The van der Waals surface area contributed by atoms with Gasteiger partial charge in [0.1, 0.15) is 11.5 Å². The lowest BCUT2D eigenvalue weighted by Gasteiger charge is -2.09. The molecule has 1 aromatic carbocycles. The summed E-state index contributed by atoms with van der Waals surface area (Å²) >= 11 is 1.40. The average Bonchev–Trinajstić information content (AvgIpc) is 3.00. The summed E-state index contributed by atoms with van der Waals surface area (Å²) in [7, 11) is 1.39. The number of nitro benzene ring substituents is 1. The van der Waals surface area contributed by atoms with E-state index in [2.05, 4.69) is 5.32 Å². The standard InChI is InChI=1S/C14H14N2O5S/c1-20-13-7-10(16(18)19)4-5-12(13)15-14(17)9-22-8-11-3-2-6-21-11/h2-7H,8-9H2,1H3,(H,15,17). The van der Waals surface area contributed by atoms with Crippen LogP contribution in [0.15, 0.2) is 41.0 Å². The number of methoxy groups -OCH3 is 1. The summed E-state index contributed by atoms with van der Waals surface area (Å²) in [5.74, 6) is 1.66. The zero-order chi connectivity index (χ0) is 15.9. The van der Waals surface area contributed by atoms with Gasteiger partial charge in [0.05, 0.1) is 41.6 Å². The average molecular weight is 322 g/mol. The summed E-state index contributed by atoms with van der Waals surface area (Å²) in [5, 5.41) is 13.4. The molecule has 116 valence electrons. The molecule has 0 bridgehead atoms. The van der Waals surface area contributed by atoms with Crippen molar-refractivity contribution in [3.05, 3.63) is 52.5 Å². The van der Waals surface area contributed by atoms with Gasteiger partial charge in [-0.3, -0.25) is 14.9 Å². The number of hydrogen-bond donors (Lipinski definition) is 1. The van der Waals surface area contributed by atoms with Crippen LogP contribution in [-0.2, 0) is 10.5 Å². The molecule has 0 aliphatic heterocycles. The number of carbonyl (C=O) groups excluding carboxylic acids is 1. The number of ether oxygens (including phenoxy) is 1. The lowest BCUT2D eigenvalue weighted by molar-refractivity contribution is -0.384. The van der Waals surface area contributed by atoms with Gasteiger partial charge in [-0.2, -0.15) is 0 Å². The maximum atomic E-state index is 11.9. The number of nitrogens with one attached hydrogen (secondary N) is 1. The molecule has 0 aliphatic rings. The van der Waals surface area contributed by atoms with Gasteiger partial charge in [0, 0.05) is 6.07 Å². The predicted octanol–water partition coefficient (Wildman–Crippen LogP) is 3.07. The monoisotopic (exact) mass is 322 g/mol. The minimum atomic E-state index is -0.521. The van der Waals surface area contributed by atoms with E-state index in [1.54, 1.807) is 12.3 Å². The van der Waals surface area contributed by atoms with Crippen molar-refractivity contribution in [2.45, 2.75) is 5.75 Å². The molecule has 0 unspecified atom stereocenters. The molecular formula is C14H14N2O5S. The first-order valence-electron chi connectivity index (χ1n) is 6.32. The van der Waals surface area contributed by atoms with Gasteiger partial charge >= 0.3 is 0 Å². The van der Waals surface area contributed by atoms with Gasteiger partial charge in [0.15, 0.2) is 0 Å². The molecule has 0 saturated heterocycles. The van der Waals surface area contributed by atoms with Gasteiger partial charge < -0.3 is 14.5 Å². The minimum absolute atomic E-state index is 0.0953. The lowest BCUT2D eigenvalue weighted by Crippen LogP contribution is -2.14. The van der Waals surface area contributed by atoms with E-state index in [0.29, 0.717) is 11.4 Å². The first-order chi connectivity index (χ1) is 10.6. The fraction of sp³-hybridized carbons (Fsp3) is 0.214. The number of amides is 1. The normalized spacial score (nSPS) is 10.2. The van der Waals surface area contributed by atoms with E-state index in [-0.39, 0.29) is 23.1 Å². The number of furan rings is 1. The number of anilines is 1. The van der Waals surface area contributed by atoms with Crippen LogP contribution in [0, 0.1) is 10.1 Å². The summed E-state index contributed by atoms with van der Waals surface area (Å²) in [5.41, 5.74) is 0.304.